The van der Waals surface area contributed by atoms with Gasteiger partial charge in [0.15, 0.2) is 0 Å². The Balaban J connectivity index is 1.69. The van der Waals surface area contributed by atoms with Crippen molar-refractivity contribution < 1.29 is 14.6 Å². The van der Waals surface area contributed by atoms with Crippen molar-refractivity contribution in [3.8, 4) is 0 Å². The molecule has 1 unspecified atom stereocenters. The van der Waals surface area contributed by atoms with Gasteiger partial charge in [0.05, 0.1) is 0 Å². The first-order chi connectivity index (χ1) is 10.7. The molecule has 0 aliphatic heterocycles. The van der Waals surface area contributed by atoms with Crippen LogP contribution in [0.25, 0.3) is 6.08 Å². The quantitative estimate of drug-likeness (QED) is 0.609. The van der Waals surface area contributed by atoms with Crippen LogP contribution in [0, 0.1) is 0 Å². The fraction of sp³-hybridized carbons (Fsp3) is 0.167. The fourth-order valence-electron chi connectivity index (χ4n) is 1.90. The first-order valence-corrected chi connectivity index (χ1v) is 7.13. The van der Waals surface area contributed by atoms with Crippen molar-refractivity contribution in [1.29, 1.82) is 0 Å². The van der Waals surface area contributed by atoms with Crippen molar-refractivity contribution in [1.82, 2.24) is 5.32 Å². The summed E-state index contributed by atoms with van der Waals surface area (Å²) < 4.78 is 4.86. The average molecular weight is 297 g/mol. The second kappa shape index (κ2) is 8.64. The molecule has 0 heterocycles. The van der Waals surface area contributed by atoms with Gasteiger partial charge in [0.25, 0.3) is 6.41 Å². The van der Waals surface area contributed by atoms with Crippen molar-refractivity contribution in [2.75, 3.05) is 0 Å². The highest BCUT2D eigenvalue weighted by Crippen LogP contribution is 2.04. The van der Waals surface area contributed by atoms with E-state index in [0.717, 1.165) is 11.1 Å². The van der Waals surface area contributed by atoms with Crippen LogP contribution in [0.15, 0.2) is 66.9 Å². The number of benzene rings is 2. The third-order valence-electron chi connectivity index (χ3n) is 3.02. The van der Waals surface area contributed by atoms with E-state index in [2.05, 4.69) is 5.32 Å². The van der Waals surface area contributed by atoms with Gasteiger partial charge >= 0.3 is 5.97 Å². The molecule has 0 radical (unpaired) electrons. The molecule has 22 heavy (non-hydrogen) atoms. The molecule has 0 saturated heterocycles. The average Bonchev–Trinajstić information content (AvgIpc) is 2.55. The Bertz CT molecular complexity index is 596. The van der Waals surface area contributed by atoms with Crippen LogP contribution in [0.4, 0.5) is 0 Å². The number of aliphatic hydroxyl groups is 1. The van der Waals surface area contributed by atoms with Gasteiger partial charge in [-0.3, -0.25) is 4.79 Å². The minimum Gasteiger partial charge on any atom is -0.416 e. The zero-order valence-corrected chi connectivity index (χ0v) is 12.2. The molecule has 2 aromatic carbocycles. The monoisotopic (exact) mass is 297 g/mol. The number of carbonyl (C=O) groups excluding carboxylic acids is 1. The normalized spacial score (nSPS) is 12.0. The van der Waals surface area contributed by atoms with E-state index in [1.807, 2.05) is 60.7 Å². The van der Waals surface area contributed by atoms with E-state index in [0.29, 0.717) is 6.42 Å². The number of aliphatic hydroxyl groups excluding tert-OH is 1. The van der Waals surface area contributed by atoms with E-state index in [-0.39, 0.29) is 6.42 Å². The van der Waals surface area contributed by atoms with Gasteiger partial charge in [0, 0.05) is 12.6 Å². The van der Waals surface area contributed by atoms with Crippen molar-refractivity contribution in [3.05, 3.63) is 78.0 Å². The Morgan fingerprint density at radius 3 is 2.41 bits per heavy atom. The van der Waals surface area contributed by atoms with E-state index >= 15 is 0 Å². The van der Waals surface area contributed by atoms with Gasteiger partial charge in [-0.2, -0.15) is 0 Å². The molecule has 0 bridgehead atoms. The van der Waals surface area contributed by atoms with Crippen LogP contribution in [0.1, 0.15) is 17.5 Å². The number of esters is 1. The number of hydrogen-bond acceptors (Lipinski definition) is 4. The highest BCUT2D eigenvalue weighted by atomic mass is 16.6. The van der Waals surface area contributed by atoms with Crippen molar-refractivity contribution >= 4 is 12.0 Å². The predicted octanol–water partition coefficient (Wildman–Crippen LogP) is 2.70. The van der Waals surface area contributed by atoms with E-state index in [1.165, 1.54) is 0 Å². The van der Waals surface area contributed by atoms with Gasteiger partial charge in [-0.15, -0.1) is 0 Å². The number of aryl methyl sites for hydroxylation is 1. The number of rotatable bonds is 7. The van der Waals surface area contributed by atoms with E-state index in [9.17, 15) is 9.90 Å². The van der Waals surface area contributed by atoms with Gasteiger partial charge in [-0.25, -0.2) is 0 Å². The van der Waals surface area contributed by atoms with Gasteiger partial charge in [-0.05, 0) is 23.6 Å². The lowest BCUT2D eigenvalue weighted by molar-refractivity contribution is -0.170. The second-order valence-electron chi connectivity index (χ2n) is 4.74. The molecule has 4 nitrogen and oxygen atoms in total. The summed E-state index contributed by atoms with van der Waals surface area (Å²) in [6.45, 7) is 0. The minimum atomic E-state index is -1.34. The highest BCUT2D eigenvalue weighted by Gasteiger charge is 2.09. The summed E-state index contributed by atoms with van der Waals surface area (Å²) in [5, 5.41) is 12.2. The molecule has 0 amide bonds. The number of hydrogen-bond donors (Lipinski definition) is 2. The summed E-state index contributed by atoms with van der Waals surface area (Å²) in [6.07, 6.45) is 2.80. The molecule has 2 N–H and O–H groups in total. The molecule has 2 rings (SSSR count). The number of carbonyl (C=O) groups is 1. The summed E-state index contributed by atoms with van der Waals surface area (Å²) >= 11 is 0. The largest absolute Gasteiger partial charge is 0.416 e. The minimum absolute atomic E-state index is 0.227. The van der Waals surface area contributed by atoms with Gasteiger partial charge in [0.1, 0.15) is 0 Å². The molecule has 0 aliphatic carbocycles. The fourth-order valence-corrected chi connectivity index (χ4v) is 1.90. The molecule has 1 atom stereocenters. The van der Waals surface area contributed by atoms with Gasteiger partial charge in [-0.1, -0.05) is 60.7 Å². The topological polar surface area (TPSA) is 58.6 Å². The summed E-state index contributed by atoms with van der Waals surface area (Å²) in [6, 6.07) is 19.3. The Morgan fingerprint density at radius 2 is 1.73 bits per heavy atom. The van der Waals surface area contributed by atoms with Crippen LogP contribution >= 0.6 is 0 Å². The number of ether oxygens (including phenoxy) is 1. The molecule has 0 saturated carbocycles. The maximum Gasteiger partial charge on any atom is 0.309 e. The van der Waals surface area contributed by atoms with Crippen LogP contribution in [-0.2, 0) is 16.0 Å². The Kier molecular flexibility index (Phi) is 6.20. The molecule has 0 spiro atoms. The van der Waals surface area contributed by atoms with Crippen molar-refractivity contribution in [3.63, 3.8) is 0 Å². The molecule has 0 aliphatic rings. The van der Waals surface area contributed by atoms with Gasteiger partial charge in [0.2, 0.25) is 0 Å². The van der Waals surface area contributed by atoms with Crippen LogP contribution < -0.4 is 5.32 Å². The molecule has 0 fully saturated rings. The van der Waals surface area contributed by atoms with Crippen LogP contribution in [0.2, 0.25) is 0 Å². The lowest BCUT2D eigenvalue weighted by Crippen LogP contribution is -2.29. The van der Waals surface area contributed by atoms with E-state index < -0.39 is 12.4 Å². The summed E-state index contributed by atoms with van der Waals surface area (Å²) in [5.74, 6) is -0.447. The van der Waals surface area contributed by atoms with Crippen molar-refractivity contribution in [2.45, 2.75) is 19.3 Å². The molecule has 2 aromatic rings. The highest BCUT2D eigenvalue weighted by molar-refractivity contribution is 5.69. The summed E-state index contributed by atoms with van der Waals surface area (Å²) in [5.41, 5.74) is 2.04. The van der Waals surface area contributed by atoms with Crippen LogP contribution in [-0.4, -0.2) is 17.5 Å². The SMILES string of the molecule is O=C(CCc1ccccc1)OC(O)NC=Cc1ccccc1. The standard InChI is InChI=1S/C18H19NO3/c20-17(12-11-15-7-3-1-4-8-15)22-18(21)19-14-13-16-9-5-2-6-10-16/h1-10,13-14,18-19,21H,11-12H2. The Labute approximate surface area is 130 Å². The second-order valence-corrected chi connectivity index (χ2v) is 4.74. The van der Waals surface area contributed by atoms with Crippen molar-refractivity contribution in [2.24, 2.45) is 0 Å². The zero-order chi connectivity index (χ0) is 15.6. The summed E-state index contributed by atoms with van der Waals surface area (Å²) in [4.78, 5) is 11.6. The van der Waals surface area contributed by atoms with E-state index in [1.54, 1.807) is 12.3 Å². The third-order valence-corrected chi connectivity index (χ3v) is 3.02. The van der Waals surface area contributed by atoms with Gasteiger partial charge < -0.3 is 15.2 Å². The smallest absolute Gasteiger partial charge is 0.309 e. The maximum absolute atomic E-state index is 11.6. The molecule has 4 heteroatoms. The molecular weight excluding hydrogens is 278 g/mol. The molecule has 0 aromatic heterocycles. The lowest BCUT2D eigenvalue weighted by atomic mass is 10.1. The first kappa shape index (κ1) is 15.8. The predicted molar refractivity (Wildman–Crippen MR) is 85.5 cm³/mol. The Morgan fingerprint density at radius 1 is 1.09 bits per heavy atom. The third kappa shape index (κ3) is 5.81. The number of nitrogens with one attached hydrogen (secondary N) is 1. The van der Waals surface area contributed by atoms with E-state index in [4.69, 9.17) is 4.74 Å². The zero-order valence-electron chi connectivity index (χ0n) is 12.2. The summed E-state index contributed by atoms with van der Waals surface area (Å²) in [7, 11) is 0. The Hall–Kier alpha value is -2.59. The van der Waals surface area contributed by atoms with Crippen LogP contribution in [0.5, 0.6) is 0 Å². The molecule has 114 valence electrons. The maximum atomic E-state index is 11.6. The molecular formula is C18H19NO3. The first-order valence-electron chi connectivity index (χ1n) is 7.13. The van der Waals surface area contributed by atoms with Crippen LogP contribution in [0.3, 0.4) is 0 Å². The lowest BCUT2D eigenvalue weighted by Gasteiger charge is -2.11.